The van der Waals surface area contributed by atoms with Gasteiger partial charge in [-0.3, -0.25) is 19.6 Å². The van der Waals surface area contributed by atoms with E-state index in [4.69, 9.17) is 5.53 Å². The van der Waals surface area contributed by atoms with Crippen molar-refractivity contribution in [1.82, 2.24) is 19.6 Å². The van der Waals surface area contributed by atoms with Crippen molar-refractivity contribution in [3.05, 3.63) is 10.4 Å². The second-order valence-corrected chi connectivity index (χ2v) is 5.08. The Labute approximate surface area is 102 Å². The number of rotatable bonds is 3. The molecule has 0 N–H and O–H groups in total. The van der Waals surface area contributed by atoms with Crippen LogP contribution in [-0.2, 0) is 0 Å². The van der Waals surface area contributed by atoms with Gasteiger partial charge in [0.15, 0.2) is 0 Å². The van der Waals surface area contributed by atoms with Gasteiger partial charge in [0.2, 0.25) is 0 Å². The molecule has 0 aromatic carbocycles. The standard InChI is InChI=1S/C10H21N7/c1-14-4-5-17(7-14)10-9(6-12-13-11)15(2)8-16(10)3/h9-10H,4-8H2,1-3H3. The minimum absolute atomic E-state index is 0.294. The third-order valence-corrected chi connectivity index (χ3v) is 3.71. The maximum atomic E-state index is 8.48. The molecule has 0 amide bonds. The van der Waals surface area contributed by atoms with Crippen LogP contribution in [0.3, 0.4) is 0 Å². The van der Waals surface area contributed by atoms with Gasteiger partial charge in [-0.25, -0.2) is 0 Å². The molecule has 2 saturated heterocycles. The van der Waals surface area contributed by atoms with Gasteiger partial charge < -0.3 is 0 Å². The maximum Gasteiger partial charge on any atom is 0.0803 e. The largest absolute Gasteiger partial charge is 0.292 e. The quantitative estimate of drug-likeness (QED) is 0.396. The molecule has 0 aromatic heterocycles. The van der Waals surface area contributed by atoms with Gasteiger partial charge in [-0.1, -0.05) is 5.11 Å². The van der Waals surface area contributed by atoms with Crippen LogP contribution in [0.4, 0.5) is 0 Å². The van der Waals surface area contributed by atoms with E-state index in [0.29, 0.717) is 18.8 Å². The van der Waals surface area contributed by atoms with Crippen molar-refractivity contribution >= 4 is 0 Å². The molecule has 7 heteroatoms. The second-order valence-electron chi connectivity index (χ2n) is 5.08. The van der Waals surface area contributed by atoms with E-state index in [1.807, 2.05) is 0 Å². The summed E-state index contributed by atoms with van der Waals surface area (Å²) in [6.07, 6.45) is 0.357. The Bertz CT molecular complexity index is 314. The van der Waals surface area contributed by atoms with Gasteiger partial charge in [-0.05, 0) is 26.7 Å². The van der Waals surface area contributed by atoms with Gasteiger partial charge in [0, 0.05) is 30.6 Å². The highest BCUT2D eigenvalue weighted by molar-refractivity contribution is 4.93. The van der Waals surface area contributed by atoms with E-state index in [-0.39, 0.29) is 0 Å². The van der Waals surface area contributed by atoms with Crippen LogP contribution in [0.2, 0.25) is 0 Å². The van der Waals surface area contributed by atoms with Gasteiger partial charge >= 0.3 is 0 Å². The van der Waals surface area contributed by atoms with E-state index in [0.717, 1.165) is 26.4 Å². The van der Waals surface area contributed by atoms with Crippen molar-refractivity contribution < 1.29 is 0 Å². The number of azide groups is 1. The number of hydrogen-bond donors (Lipinski definition) is 0. The zero-order valence-electron chi connectivity index (χ0n) is 10.8. The molecule has 2 unspecified atom stereocenters. The Hall–Kier alpha value is -0.850. The highest BCUT2D eigenvalue weighted by Crippen LogP contribution is 2.23. The van der Waals surface area contributed by atoms with Gasteiger partial charge in [-0.2, -0.15) is 0 Å². The SMILES string of the molecule is CN1CCN(C2C(CN=[N+]=[N-])N(C)CN2C)C1. The lowest BCUT2D eigenvalue weighted by molar-refractivity contribution is 0.0908. The molecule has 7 nitrogen and oxygen atoms in total. The molecule has 0 radical (unpaired) electrons. The Morgan fingerprint density at radius 2 is 1.94 bits per heavy atom. The fraction of sp³-hybridized carbons (Fsp3) is 1.00. The van der Waals surface area contributed by atoms with E-state index >= 15 is 0 Å². The summed E-state index contributed by atoms with van der Waals surface area (Å²) in [6, 6.07) is 0.294. The minimum Gasteiger partial charge on any atom is -0.292 e. The summed E-state index contributed by atoms with van der Waals surface area (Å²) in [5, 5.41) is 3.75. The van der Waals surface area contributed by atoms with Crippen LogP contribution in [0, 0.1) is 0 Å². The highest BCUT2D eigenvalue weighted by Gasteiger charge is 2.40. The zero-order chi connectivity index (χ0) is 12.4. The Balaban J connectivity index is 2.08. The predicted octanol–water partition coefficient (Wildman–Crippen LogP) is 0.0310. The molecule has 96 valence electrons. The first-order valence-electron chi connectivity index (χ1n) is 5.97. The monoisotopic (exact) mass is 239 g/mol. The summed E-state index contributed by atoms with van der Waals surface area (Å²) in [5.41, 5.74) is 8.48. The lowest BCUT2D eigenvalue weighted by Gasteiger charge is -2.32. The molecule has 0 saturated carbocycles. The van der Waals surface area contributed by atoms with Crippen LogP contribution in [0.5, 0.6) is 0 Å². The summed E-state index contributed by atoms with van der Waals surface area (Å²) < 4.78 is 0. The first-order valence-corrected chi connectivity index (χ1v) is 5.97. The summed E-state index contributed by atoms with van der Waals surface area (Å²) in [6.45, 7) is 4.67. The Kier molecular flexibility index (Phi) is 3.86. The summed E-state index contributed by atoms with van der Waals surface area (Å²) in [5.74, 6) is 0. The van der Waals surface area contributed by atoms with Crippen LogP contribution in [0.15, 0.2) is 5.11 Å². The van der Waals surface area contributed by atoms with E-state index in [9.17, 15) is 0 Å². The molecule has 2 rings (SSSR count). The first kappa shape index (κ1) is 12.6. The molecule has 2 atom stereocenters. The molecule has 0 aliphatic carbocycles. The molecule has 2 aliphatic rings. The van der Waals surface area contributed by atoms with E-state index < -0.39 is 0 Å². The molecular weight excluding hydrogens is 218 g/mol. The van der Waals surface area contributed by atoms with Crippen molar-refractivity contribution in [2.24, 2.45) is 5.11 Å². The average molecular weight is 239 g/mol. The van der Waals surface area contributed by atoms with Crippen LogP contribution < -0.4 is 0 Å². The minimum atomic E-state index is 0.294. The zero-order valence-corrected chi connectivity index (χ0v) is 10.8. The molecule has 2 aliphatic heterocycles. The fourth-order valence-electron chi connectivity index (χ4n) is 2.90. The number of nitrogens with zero attached hydrogens (tertiary/aromatic N) is 7. The molecule has 0 aromatic rings. The average Bonchev–Trinajstić information content (AvgIpc) is 2.80. The summed E-state index contributed by atoms with van der Waals surface area (Å²) >= 11 is 0. The molecule has 0 spiro atoms. The molecule has 17 heavy (non-hydrogen) atoms. The van der Waals surface area contributed by atoms with Gasteiger partial charge in [0.05, 0.1) is 19.5 Å². The highest BCUT2D eigenvalue weighted by atomic mass is 15.5. The third-order valence-electron chi connectivity index (χ3n) is 3.71. The molecule has 2 heterocycles. The second kappa shape index (κ2) is 5.20. The molecular formula is C10H21N7. The van der Waals surface area contributed by atoms with Crippen molar-refractivity contribution in [2.75, 3.05) is 54.1 Å². The lowest BCUT2D eigenvalue weighted by atomic mass is 10.2. The number of hydrogen-bond acceptors (Lipinski definition) is 5. The van der Waals surface area contributed by atoms with Crippen molar-refractivity contribution in [2.45, 2.75) is 12.2 Å². The molecule has 2 fully saturated rings. The van der Waals surface area contributed by atoms with Gasteiger partial charge in [0.1, 0.15) is 0 Å². The van der Waals surface area contributed by atoms with E-state index in [2.05, 4.69) is 50.8 Å². The Morgan fingerprint density at radius 3 is 2.53 bits per heavy atom. The normalized spacial score (nSPS) is 33.1. The third kappa shape index (κ3) is 2.53. The van der Waals surface area contributed by atoms with Crippen LogP contribution in [0.1, 0.15) is 0 Å². The summed E-state index contributed by atoms with van der Waals surface area (Å²) in [7, 11) is 6.37. The topological polar surface area (TPSA) is 61.7 Å². The van der Waals surface area contributed by atoms with E-state index in [1.54, 1.807) is 0 Å². The summed E-state index contributed by atoms with van der Waals surface area (Å²) in [4.78, 5) is 12.3. The maximum absolute atomic E-state index is 8.48. The van der Waals surface area contributed by atoms with E-state index in [1.165, 1.54) is 0 Å². The van der Waals surface area contributed by atoms with Crippen LogP contribution >= 0.6 is 0 Å². The lowest BCUT2D eigenvalue weighted by Crippen LogP contribution is -2.50. The Morgan fingerprint density at radius 1 is 1.18 bits per heavy atom. The smallest absolute Gasteiger partial charge is 0.0803 e. The van der Waals surface area contributed by atoms with Crippen molar-refractivity contribution in [3.63, 3.8) is 0 Å². The van der Waals surface area contributed by atoms with Gasteiger partial charge in [0.25, 0.3) is 0 Å². The van der Waals surface area contributed by atoms with Crippen molar-refractivity contribution in [1.29, 1.82) is 0 Å². The van der Waals surface area contributed by atoms with Crippen LogP contribution in [-0.4, -0.2) is 85.9 Å². The van der Waals surface area contributed by atoms with Crippen LogP contribution in [0.25, 0.3) is 10.4 Å². The predicted molar refractivity (Wildman–Crippen MR) is 66.2 cm³/mol. The fourth-order valence-corrected chi connectivity index (χ4v) is 2.90. The van der Waals surface area contributed by atoms with Crippen molar-refractivity contribution in [3.8, 4) is 0 Å². The molecule has 0 bridgehead atoms. The first-order chi connectivity index (χ1) is 8.13. The number of likely N-dealkylation sites (N-methyl/N-ethyl adjacent to an activating group) is 3. The van der Waals surface area contributed by atoms with Gasteiger partial charge in [-0.15, -0.1) is 0 Å².